The van der Waals surface area contributed by atoms with Crippen molar-refractivity contribution in [2.45, 2.75) is 216 Å². The van der Waals surface area contributed by atoms with Gasteiger partial charge in [0.25, 0.3) is 29.5 Å². The number of alkyl halides is 6. The molecule has 0 bridgehead atoms. The first-order valence-corrected chi connectivity index (χ1v) is 43.2. The summed E-state index contributed by atoms with van der Waals surface area (Å²) in [5.74, 6) is -15.3. The quantitative estimate of drug-likeness (QED) is 0.0305. The normalized spacial score (nSPS) is 22.2. The van der Waals surface area contributed by atoms with Crippen LogP contribution >= 0.6 is 0 Å². The van der Waals surface area contributed by atoms with E-state index in [4.69, 9.17) is 57.8 Å². The van der Waals surface area contributed by atoms with Crippen molar-refractivity contribution < 1.29 is 202 Å². The summed E-state index contributed by atoms with van der Waals surface area (Å²) in [7, 11) is 3.50. The van der Waals surface area contributed by atoms with Gasteiger partial charge >= 0.3 is 59.7 Å². The molecule has 5 aromatic rings. The number of methoxy groups -OCH3 is 3. The van der Waals surface area contributed by atoms with Crippen LogP contribution in [0.15, 0.2) is 57.2 Å². The zero-order valence-electron chi connectivity index (χ0n) is 78.5. The molecule has 0 spiro atoms. The topological polar surface area (TPSA) is 496 Å². The number of aliphatic hydroxyl groups is 2. The third-order valence-electron chi connectivity index (χ3n) is 22.0. The molecule has 6 saturated heterocycles. The van der Waals surface area contributed by atoms with E-state index in [-0.39, 0.29) is 150 Å². The van der Waals surface area contributed by atoms with Crippen molar-refractivity contribution in [2.24, 2.45) is 5.73 Å². The van der Waals surface area contributed by atoms with Gasteiger partial charge in [0.15, 0.2) is 34.3 Å². The molecule has 8 amide bonds. The average Bonchev–Trinajstić information content (AvgIpc) is 0.797. The molecule has 9 aliphatic rings. The van der Waals surface area contributed by atoms with Crippen LogP contribution < -0.4 is 97.4 Å². The number of pyridine rings is 3. The molecule has 3 aromatic heterocycles. The molecule has 9 aliphatic heterocycles. The molecule has 0 aliphatic carbocycles. The number of halogens is 14. The fourth-order valence-electron chi connectivity index (χ4n) is 15.7. The van der Waals surface area contributed by atoms with Crippen molar-refractivity contribution in [3.8, 4) is 17.2 Å². The number of carbonyl (C=O) groups is 9. The van der Waals surface area contributed by atoms with Gasteiger partial charge in [-0.3, -0.25) is 38.4 Å². The van der Waals surface area contributed by atoms with E-state index < -0.39 is 242 Å². The first kappa shape index (κ1) is 120. The monoisotopic (exact) mass is 2160 g/mol. The first-order valence-electron chi connectivity index (χ1n) is 43.2. The molecule has 780 valence electrons. The largest absolute Gasteiger partial charge is 2.00 e. The number of aromatic nitrogens is 3. The molecule has 0 radical (unpaired) electrons. The minimum absolute atomic E-state index is 0. The van der Waals surface area contributed by atoms with Crippen molar-refractivity contribution in [1.82, 2.24) is 55.4 Å². The number of aromatic hydroxyl groups is 1. The average molecular weight is 2170 g/mol. The van der Waals surface area contributed by atoms with Gasteiger partial charge in [0.2, 0.25) is 16.3 Å². The van der Waals surface area contributed by atoms with E-state index in [2.05, 4.69) is 36.6 Å². The van der Waals surface area contributed by atoms with Crippen LogP contribution in [-0.2, 0) is 60.5 Å². The molecule has 0 saturated carbocycles. The molecule has 54 heteroatoms. The fraction of sp³-hybridized carbons (Fsp3) is 0.586. The number of fused-ring (bicyclic) bond motifs is 9. The molecule has 6 fully saturated rings. The van der Waals surface area contributed by atoms with E-state index in [0.717, 1.165) is 30.5 Å². The Morgan fingerprint density at radius 1 is 0.454 bits per heavy atom. The predicted molar refractivity (Wildman–Crippen MR) is 461 cm³/mol. The van der Waals surface area contributed by atoms with Gasteiger partial charge in [-0.1, -0.05) is 0 Å². The number of benzene rings is 2. The maximum Gasteiger partial charge on any atom is 2.00 e. The summed E-state index contributed by atoms with van der Waals surface area (Å²) in [6.07, 6.45) is -5.97. The number of aliphatic hydroxyl groups excluding tert-OH is 2. The molecule has 12 atom stereocenters. The SMILES string of the molecule is CC(C)(C)OC(=O)N[C@@H]1COCC[C@@H]1O.CC(C)(C)OC(=O)N[C@@H]1COCC[C@H]1N.CC(C)(C)OC(=O)N[C@@H]1COCC[C@H]1O.COC(=O)c1cn2c(c(OC)c1=O)C(=O)N[C@@H]1COCC[C@H]12.COc1c2n(cc(C(=O)NCc3c(F)cc(F)cc3F)c1=O)[C@@H]1CCOC[C@H]1N(CC(F)(F)F)C2=O.O=C(NCc1c(F)cc(F)cc1F)c1cn2c(c(O)c1=O)C(=O)N(CC(F)(F)F)[C@@H]1COCC[C@H]12.[Br-].[Br-].[Mg+2]. The second-order valence-corrected chi connectivity index (χ2v) is 35.6. The Hall–Kier alpha value is -10.2. The Kier molecular flexibility index (Phi) is 43.6. The summed E-state index contributed by atoms with van der Waals surface area (Å²) in [6.45, 7) is 15.1. The summed E-state index contributed by atoms with van der Waals surface area (Å²) in [4.78, 5) is 149. The smallest absolute Gasteiger partial charge is 1.00 e. The van der Waals surface area contributed by atoms with Crippen LogP contribution in [0.5, 0.6) is 17.2 Å². The van der Waals surface area contributed by atoms with Crippen LogP contribution in [0.4, 0.5) is 67.1 Å². The van der Waals surface area contributed by atoms with E-state index in [1.54, 1.807) is 46.1 Å². The number of nitrogens with one attached hydrogen (secondary N) is 6. The number of hydrogen-bond donors (Lipinski definition) is 10. The summed E-state index contributed by atoms with van der Waals surface area (Å²) in [6, 6.07) is -3.35. The number of esters is 1. The predicted octanol–water partition coefficient (Wildman–Crippen LogP) is 0.0948. The molecule has 39 nitrogen and oxygen atoms in total. The number of hydrogen-bond acceptors (Lipinski definition) is 28. The standard InChI is InChI=1S/C22H19F6N3O5.C21H17F6N3O5.C14H16N2O6.C10H20N2O3.2C10H19NO4.2BrH.Mg/c1-35-19-17-21(34)31(9-22(26,27)28)16-8-36-3-2-15(16)30(17)7-12(18(19)32)20(33)29-6-11-13(24)4-10(23)5-14(11)25;22-9-3-12(23)10(13(24)4-9)5-28-19(33)11-6-29-14-1-2-35-7-15(14)30(8-21(25,26)27)20(34)16(29)18(32)17(11)31;1-20-12-10-13(18)15-8-6-22-4-3-9(8)16(10)5-7(11(12)17)14(19)21-2;1-10(2,3)15-9(13)12-8-6-14-5-4-7(8)11;2*1-10(2,3)15-9(13)11-7-6-14-5-4-8(7)12;;;/h4-5,7,15-16H,2-3,6,8-9H2,1H3,(H,29,33);3-4,6,14-15,32H,1-2,5,7-8H2,(H,28,33);5,8-9H,3-4,6H2,1-2H3,(H,15,18);7-8H,4-6,11H2,1-3H3,(H,12,13);2*7-8,12H,4-6H2,1-3H3,(H,11,13);2*1H;/q;;;;;;;;+2/p-2/t15-,16-;14-,15-;8-,9-;7-,8-;7-,8+;7-,8-;;;/m111111.../s1. The minimum Gasteiger partial charge on any atom is -1.00 e. The number of rotatable bonds is 14. The molecule has 141 heavy (non-hydrogen) atoms. The second kappa shape index (κ2) is 51.4. The van der Waals surface area contributed by atoms with E-state index >= 15 is 0 Å². The van der Waals surface area contributed by atoms with Gasteiger partial charge in [-0.2, -0.15) is 26.3 Å². The van der Waals surface area contributed by atoms with Gasteiger partial charge in [-0.15, -0.1) is 0 Å². The Morgan fingerprint density at radius 3 is 1.18 bits per heavy atom. The Balaban J connectivity index is 0.000000269. The third-order valence-corrected chi connectivity index (χ3v) is 22.0. The van der Waals surface area contributed by atoms with Gasteiger partial charge in [-0.05, 0) is 101 Å². The number of ether oxygens (including phenoxy) is 12. The summed E-state index contributed by atoms with van der Waals surface area (Å²) in [5.41, 5.74) is -2.62. The minimum atomic E-state index is -4.76. The second-order valence-electron chi connectivity index (χ2n) is 35.6. The summed E-state index contributed by atoms with van der Waals surface area (Å²) >= 11 is 0. The number of carbonyl (C=O) groups excluding carboxylic acids is 9. The molecule has 14 rings (SSSR count). The maximum atomic E-state index is 13.9. The summed E-state index contributed by atoms with van der Waals surface area (Å²) in [5, 5.41) is 44.5. The van der Waals surface area contributed by atoms with Gasteiger partial charge in [0, 0.05) is 113 Å². The molecule has 12 heterocycles. The van der Waals surface area contributed by atoms with Crippen LogP contribution in [0.3, 0.4) is 0 Å². The van der Waals surface area contributed by atoms with Crippen LogP contribution in [0.2, 0.25) is 0 Å². The Labute approximate surface area is 835 Å². The van der Waals surface area contributed by atoms with Gasteiger partial charge in [-0.25, -0.2) is 45.5 Å². The van der Waals surface area contributed by atoms with E-state index in [1.807, 2.05) is 20.8 Å². The molecular formula is C87H110Br2F12MgN12O27. The van der Waals surface area contributed by atoms with Gasteiger partial charge in [0.1, 0.15) is 81.5 Å². The van der Waals surface area contributed by atoms with Crippen LogP contribution in [0.25, 0.3) is 0 Å². The van der Waals surface area contributed by atoms with Crippen LogP contribution in [0.1, 0.15) is 193 Å². The summed E-state index contributed by atoms with van der Waals surface area (Å²) < 4.78 is 226. The zero-order chi connectivity index (χ0) is 102. The molecule has 2 aromatic carbocycles. The number of amides is 8. The maximum absolute atomic E-state index is 13.9. The Morgan fingerprint density at radius 2 is 0.787 bits per heavy atom. The fourth-order valence-corrected chi connectivity index (χ4v) is 15.7. The van der Waals surface area contributed by atoms with E-state index in [0.29, 0.717) is 106 Å². The Bertz CT molecular complexity index is 5300. The molecule has 11 N–H and O–H groups in total. The molecular weight excluding hydrogens is 2060 g/mol. The zero-order valence-corrected chi connectivity index (χ0v) is 83.1. The van der Waals surface area contributed by atoms with Crippen molar-refractivity contribution in [3.05, 3.63) is 153 Å². The van der Waals surface area contributed by atoms with Crippen LogP contribution in [0, 0.1) is 34.9 Å². The van der Waals surface area contributed by atoms with Crippen molar-refractivity contribution in [3.63, 3.8) is 0 Å². The van der Waals surface area contributed by atoms with Crippen molar-refractivity contribution in [1.29, 1.82) is 0 Å². The number of alkyl carbamates (subject to hydrolysis) is 3. The van der Waals surface area contributed by atoms with Gasteiger partial charge < -0.3 is 167 Å². The van der Waals surface area contributed by atoms with Gasteiger partial charge in [0.05, 0.1) is 128 Å². The van der Waals surface area contributed by atoms with E-state index in [1.165, 1.54) is 25.0 Å². The van der Waals surface area contributed by atoms with Crippen molar-refractivity contribution >= 4 is 76.8 Å². The number of nitrogens with two attached hydrogens (primary N) is 1. The number of nitrogens with zero attached hydrogens (tertiary/aromatic N) is 5. The van der Waals surface area contributed by atoms with Crippen LogP contribution in [-0.4, -0.2) is 313 Å². The molecule has 0 unspecified atom stereocenters. The van der Waals surface area contributed by atoms with Crippen molar-refractivity contribution in [2.75, 3.05) is 114 Å². The first-order chi connectivity index (χ1) is 64.5. The van der Waals surface area contributed by atoms with E-state index in [9.17, 15) is 126 Å². The third kappa shape index (κ3) is 32.2.